The maximum Gasteiger partial charge on any atom is 0.132 e. The van der Waals surface area contributed by atoms with Crippen molar-refractivity contribution in [3.05, 3.63) is 27.6 Å². The van der Waals surface area contributed by atoms with E-state index < -0.39 is 0 Å². The summed E-state index contributed by atoms with van der Waals surface area (Å²) in [6.07, 6.45) is 0.966. The van der Waals surface area contributed by atoms with Crippen molar-refractivity contribution in [2.45, 2.75) is 13.3 Å². The molecular weight excluding hydrogens is 270 g/mol. The summed E-state index contributed by atoms with van der Waals surface area (Å²) in [6, 6.07) is 4.53. The van der Waals surface area contributed by atoms with Crippen LogP contribution in [0.15, 0.2) is 18.2 Å². The molecule has 1 aromatic rings. The van der Waals surface area contributed by atoms with Crippen LogP contribution in [-0.4, -0.2) is 6.61 Å². The molecule has 0 saturated carbocycles. The normalized spacial score (nSPS) is 9.92. The fraction of sp³-hybridized carbons (Fsp3) is 0.333. The Kier molecular flexibility index (Phi) is 3.78. The third kappa shape index (κ3) is 2.62. The van der Waals surface area contributed by atoms with E-state index in [1.54, 1.807) is 6.07 Å². The Morgan fingerprint density at radius 3 is 2.83 bits per heavy atom. The first-order valence-electron chi connectivity index (χ1n) is 3.82. The van der Waals surface area contributed by atoms with Crippen molar-refractivity contribution in [3.63, 3.8) is 0 Å². The largest absolute Gasteiger partial charge is 0.492 e. The van der Waals surface area contributed by atoms with Gasteiger partial charge in [-0.3, -0.25) is 0 Å². The molecule has 0 radical (unpaired) electrons. The second-order valence-corrected chi connectivity index (χ2v) is 3.59. The first-order valence-corrected chi connectivity index (χ1v) is 4.89. The van der Waals surface area contributed by atoms with Gasteiger partial charge in [-0.05, 0) is 47.2 Å². The SMILES string of the molecule is CCCOc1ccc(F)cc1I. The highest BCUT2D eigenvalue weighted by Crippen LogP contribution is 2.21. The van der Waals surface area contributed by atoms with Crippen molar-refractivity contribution in [3.8, 4) is 5.75 Å². The average molecular weight is 280 g/mol. The van der Waals surface area contributed by atoms with Crippen molar-refractivity contribution in [2.75, 3.05) is 6.61 Å². The molecule has 1 nitrogen and oxygen atoms in total. The Morgan fingerprint density at radius 2 is 2.25 bits per heavy atom. The molecule has 0 amide bonds. The molecule has 3 heteroatoms. The highest BCUT2D eigenvalue weighted by molar-refractivity contribution is 14.1. The van der Waals surface area contributed by atoms with Gasteiger partial charge in [0, 0.05) is 0 Å². The van der Waals surface area contributed by atoms with E-state index in [2.05, 4.69) is 22.6 Å². The molecule has 0 heterocycles. The second-order valence-electron chi connectivity index (χ2n) is 2.42. The molecule has 0 unspecified atom stereocenters. The van der Waals surface area contributed by atoms with Crippen LogP contribution in [0.3, 0.4) is 0 Å². The third-order valence-electron chi connectivity index (χ3n) is 1.36. The molecular formula is C9H10FIO. The molecule has 0 N–H and O–H groups in total. The van der Waals surface area contributed by atoms with Gasteiger partial charge in [0.25, 0.3) is 0 Å². The van der Waals surface area contributed by atoms with Crippen LogP contribution < -0.4 is 4.74 Å². The monoisotopic (exact) mass is 280 g/mol. The van der Waals surface area contributed by atoms with Gasteiger partial charge in [0.2, 0.25) is 0 Å². The van der Waals surface area contributed by atoms with Crippen molar-refractivity contribution < 1.29 is 9.13 Å². The van der Waals surface area contributed by atoms with Gasteiger partial charge in [-0.2, -0.15) is 0 Å². The summed E-state index contributed by atoms with van der Waals surface area (Å²) >= 11 is 2.06. The van der Waals surface area contributed by atoms with Crippen LogP contribution >= 0.6 is 22.6 Å². The first kappa shape index (κ1) is 9.77. The van der Waals surface area contributed by atoms with Crippen LogP contribution in [0.25, 0.3) is 0 Å². The predicted molar refractivity (Wildman–Crippen MR) is 54.9 cm³/mol. The summed E-state index contributed by atoms with van der Waals surface area (Å²) in [4.78, 5) is 0. The number of hydrogen-bond donors (Lipinski definition) is 0. The summed E-state index contributed by atoms with van der Waals surface area (Å²) in [6.45, 7) is 2.72. The van der Waals surface area contributed by atoms with Gasteiger partial charge >= 0.3 is 0 Å². The number of halogens is 2. The number of ether oxygens (including phenoxy) is 1. The number of benzene rings is 1. The minimum Gasteiger partial charge on any atom is -0.492 e. The Morgan fingerprint density at radius 1 is 1.50 bits per heavy atom. The second kappa shape index (κ2) is 4.64. The lowest BCUT2D eigenvalue weighted by Gasteiger charge is -2.05. The predicted octanol–water partition coefficient (Wildman–Crippen LogP) is 3.22. The first-order chi connectivity index (χ1) is 5.74. The highest BCUT2D eigenvalue weighted by Gasteiger charge is 2.00. The summed E-state index contributed by atoms with van der Waals surface area (Å²) < 4.78 is 18.8. The van der Waals surface area contributed by atoms with Gasteiger partial charge in [-0.1, -0.05) is 6.92 Å². The van der Waals surface area contributed by atoms with Gasteiger partial charge in [-0.25, -0.2) is 4.39 Å². The van der Waals surface area contributed by atoms with Gasteiger partial charge in [0.05, 0.1) is 10.2 Å². The van der Waals surface area contributed by atoms with Crippen molar-refractivity contribution in [1.29, 1.82) is 0 Å². The van der Waals surface area contributed by atoms with Crippen molar-refractivity contribution >= 4 is 22.6 Å². The molecule has 1 aromatic carbocycles. The maximum absolute atomic E-state index is 12.6. The zero-order valence-electron chi connectivity index (χ0n) is 6.81. The van der Waals surface area contributed by atoms with E-state index >= 15 is 0 Å². The Balaban J connectivity index is 2.72. The van der Waals surface area contributed by atoms with E-state index in [1.165, 1.54) is 12.1 Å². The summed E-state index contributed by atoms with van der Waals surface area (Å²) in [7, 11) is 0. The fourth-order valence-corrected chi connectivity index (χ4v) is 1.44. The van der Waals surface area contributed by atoms with Crippen LogP contribution in [0.1, 0.15) is 13.3 Å². The zero-order valence-corrected chi connectivity index (χ0v) is 8.97. The van der Waals surface area contributed by atoms with Gasteiger partial charge in [0.1, 0.15) is 11.6 Å². The molecule has 0 atom stereocenters. The van der Waals surface area contributed by atoms with E-state index in [1.807, 2.05) is 6.92 Å². The number of hydrogen-bond acceptors (Lipinski definition) is 1. The van der Waals surface area contributed by atoms with Crippen molar-refractivity contribution in [2.24, 2.45) is 0 Å². The standard InChI is InChI=1S/C9H10FIO/c1-2-5-12-9-4-3-7(10)6-8(9)11/h3-4,6H,2,5H2,1H3. The molecule has 0 fully saturated rings. The lowest BCUT2D eigenvalue weighted by atomic mass is 10.3. The average Bonchev–Trinajstić information content (AvgIpc) is 2.03. The Bertz CT molecular complexity index is 263. The molecule has 0 aliphatic rings. The lowest BCUT2D eigenvalue weighted by molar-refractivity contribution is 0.314. The van der Waals surface area contributed by atoms with E-state index in [4.69, 9.17) is 4.74 Å². The van der Waals surface area contributed by atoms with E-state index in [0.29, 0.717) is 6.61 Å². The molecule has 0 bridgehead atoms. The summed E-state index contributed by atoms with van der Waals surface area (Å²) in [5, 5.41) is 0. The van der Waals surface area contributed by atoms with Gasteiger partial charge in [0.15, 0.2) is 0 Å². The van der Waals surface area contributed by atoms with Gasteiger partial charge in [-0.15, -0.1) is 0 Å². The fourth-order valence-electron chi connectivity index (χ4n) is 0.804. The maximum atomic E-state index is 12.6. The molecule has 0 aliphatic carbocycles. The van der Waals surface area contributed by atoms with E-state index in [9.17, 15) is 4.39 Å². The van der Waals surface area contributed by atoms with Crippen LogP contribution in [-0.2, 0) is 0 Å². The van der Waals surface area contributed by atoms with Crippen LogP contribution in [0.2, 0.25) is 0 Å². The summed E-state index contributed by atoms with van der Waals surface area (Å²) in [5.74, 6) is 0.544. The van der Waals surface area contributed by atoms with Crippen LogP contribution in [0.4, 0.5) is 4.39 Å². The minimum atomic E-state index is -0.219. The van der Waals surface area contributed by atoms with Crippen LogP contribution in [0, 0.1) is 9.39 Å². The molecule has 0 aromatic heterocycles. The zero-order chi connectivity index (χ0) is 8.97. The van der Waals surface area contributed by atoms with Crippen molar-refractivity contribution in [1.82, 2.24) is 0 Å². The third-order valence-corrected chi connectivity index (χ3v) is 2.20. The molecule has 0 spiro atoms. The van der Waals surface area contributed by atoms with E-state index in [0.717, 1.165) is 15.7 Å². The van der Waals surface area contributed by atoms with Gasteiger partial charge < -0.3 is 4.74 Å². The molecule has 1 rings (SSSR count). The Labute approximate surface area is 85.1 Å². The Hall–Kier alpha value is -0.320. The summed E-state index contributed by atoms with van der Waals surface area (Å²) in [5.41, 5.74) is 0. The molecule has 0 saturated heterocycles. The molecule has 0 aliphatic heterocycles. The molecule has 66 valence electrons. The minimum absolute atomic E-state index is 0.219. The smallest absolute Gasteiger partial charge is 0.132 e. The highest BCUT2D eigenvalue weighted by atomic mass is 127. The lowest BCUT2D eigenvalue weighted by Crippen LogP contribution is -1.96. The quantitative estimate of drug-likeness (QED) is 0.772. The van der Waals surface area contributed by atoms with Crippen LogP contribution in [0.5, 0.6) is 5.75 Å². The molecule has 12 heavy (non-hydrogen) atoms. The topological polar surface area (TPSA) is 9.23 Å². The number of rotatable bonds is 3. The van der Waals surface area contributed by atoms with E-state index in [-0.39, 0.29) is 5.82 Å².